The van der Waals surface area contributed by atoms with Gasteiger partial charge in [-0.3, -0.25) is 0 Å². The van der Waals surface area contributed by atoms with Crippen molar-refractivity contribution in [3.8, 4) is 0 Å². The van der Waals surface area contributed by atoms with E-state index >= 15 is 0 Å². The molecular weight excluding hydrogens is 421 g/mol. The average molecular weight is 469 g/mol. The van der Waals surface area contributed by atoms with Crippen LogP contribution in [0.4, 0.5) is 13.2 Å². The van der Waals surface area contributed by atoms with Crippen LogP contribution in [0.3, 0.4) is 0 Å². The number of allylic oxidation sites excluding steroid dienone is 1. The topological polar surface area (TPSA) is 20.2 Å². The molecule has 0 radical (unpaired) electrons. The zero-order valence-corrected chi connectivity index (χ0v) is 21.8. The van der Waals surface area contributed by atoms with Crippen molar-refractivity contribution < 1.29 is 18.3 Å². The SMILES string of the molecule is CC(CCCC(C)(C)C)C1CCC2C3CC=C4CC(O)(C(F)(F)F)CCC4(C)C3CCC12C. The van der Waals surface area contributed by atoms with Crippen LogP contribution in [-0.2, 0) is 0 Å². The fourth-order valence-corrected chi connectivity index (χ4v) is 9.02. The number of rotatable bonds is 4. The van der Waals surface area contributed by atoms with Gasteiger partial charge < -0.3 is 5.11 Å². The lowest BCUT2D eigenvalue weighted by Gasteiger charge is -2.59. The van der Waals surface area contributed by atoms with Gasteiger partial charge >= 0.3 is 6.18 Å². The molecule has 0 aromatic heterocycles. The van der Waals surface area contributed by atoms with E-state index < -0.39 is 11.8 Å². The van der Waals surface area contributed by atoms with Crippen LogP contribution in [0.15, 0.2) is 11.6 Å². The van der Waals surface area contributed by atoms with Crippen LogP contribution in [-0.4, -0.2) is 16.9 Å². The Kier molecular flexibility index (Phi) is 6.41. The third kappa shape index (κ3) is 4.33. The molecule has 3 saturated carbocycles. The number of hydrogen-bond acceptors (Lipinski definition) is 1. The van der Waals surface area contributed by atoms with Crippen LogP contribution in [0.25, 0.3) is 0 Å². The largest absolute Gasteiger partial charge is 0.417 e. The van der Waals surface area contributed by atoms with Gasteiger partial charge in [0, 0.05) is 6.42 Å². The minimum Gasteiger partial charge on any atom is -0.380 e. The highest BCUT2D eigenvalue weighted by atomic mass is 19.4. The van der Waals surface area contributed by atoms with Crippen molar-refractivity contribution in [2.24, 2.45) is 45.8 Å². The minimum absolute atomic E-state index is 0.150. The van der Waals surface area contributed by atoms with Crippen molar-refractivity contribution in [3.05, 3.63) is 11.6 Å². The van der Waals surface area contributed by atoms with Gasteiger partial charge in [-0.05, 0) is 97.2 Å². The van der Waals surface area contributed by atoms with E-state index in [0.717, 1.165) is 30.3 Å². The summed E-state index contributed by atoms with van der Waals surface area (Å²) in [6.07, 6.45) is 7.47. The Balaban J connectivity index is 1.49. The summed E-state index contributed by atoms with van der Waals surface area (Å²) in [5, 5.41) is 10.4. The van der Waals surface area contributed by atoms with Gasteiger partial charge in [0.25, 0.3) is 0 Å². The highest BCUT2D eigenvalue weighted by Crippen LogP contribution is 2.68. The van der Waals surface area contributed by atoms with E-state index in [4.69, 9.17) is 0 Å². The lowest BCUT2D eigenvalue weighted by molar-refractivity contribution is -0.271. The maximum Gasteiger partial charge on any atom is 0.417 e. The monoisotopic (exact) mass is 468 g/mol. The maximum absolute atomic E-state index is 13.6. The molecule has 190 valence electrons. The van der Waals surface area contributed by atoms with Gasteiger partial charge in [-0.1, -0.05) is 66.0 Å². The third-order valence-corrected chi connectivity index (χ3v) is 11.0. The Morgan fingerprint density at radius 2 is 1.73 bits per heavy atom. The molecule has 0 aromatic carbocycles. The van der Waals surface area contributed by atoms with Crippen LogP contribution in [0.1, 0.15) is 112 Å². The van der Waals surface area contributed by atoms with Gasteiger partial charge in [-0.25, -0.2) is 0 Å². The Morgan fingerprint density at radius 1 is 1.03 bits per heavy atom. The lowest BCUT2D eigenvalue weighted by Crippen LogP contribution is -2.55. The lowest BCUT2D eigenvalue weighted by atomic mass is 9.46. The predicted molar refractivity (Wildman–Crippen MR) is 129 cm³/mol. The second-order valence-electron chi connectivity index (χ2n) is 14.1. The van der Waals surface area contributed by atoms with Gasteiger partial charge in [0.15, 0.2) is 5.60 Å². The summed E-state index contributed by atoms with van der Waals surface area (Å²) in [6.45, 7) is 14.2. The van der Waals surface area contributed by atoms with Gasteiger partial charge in [0.1, 0.15) is 0 Å². The fourth-order valence-electron chi connectivity index (χ4n) is 9.02. The summed E-state index contributed by atoms with van der Waals surface area (Å²) in [5.74, 6) is 3.30. The summed E-state index contributed by atoms with van der Waals surface area (Å²) in [4.78, 5) is 0. The molecule has 0 spiro atoms. The molecule has 0 amide bonds. The van der Waals surface area contributed by atoms with Crippen molar-refractivity contribution >= 4 is 0 Å². The molecule has 1 N–H and O–H groups in total. The highest BCUT2D eigenvalue weighted by Gasteiger charge is 2.63. The van der Waals surface area contributed by atoms with Crippen LogP contribution in [0.5, 0.6) is 0 Å². The molecule has 1 nitrogen and oxygen atoms in total. The molecule has 4 rings (SSSR count). The molecule has 0 heterocycles. The van der Waals surface area contributed by atoms with Crippen LogP contribution >= 0.6 is 0 Å². The second-order valence-corrected chi connectivity index (χ2v) is 14.1. The number of aliphatic hydroxyl groups is 1. The van der Waals surface area contributed by atoms with Crippen LogP contribution < -0.4 is 0 Å². The first-order chi connectivity index (χ1) is 15.1. The van der Waals surface area contributed by atoms with Crippen molar-refractivity contribution in [2.75, 3.05) is 0 Å². The summed E-state index contributed by atoms with van der Waals surface area (Å²) in [6, 6.07) is 0. The zero-order valence-electron chi connectivity index (χ0n) is 21.8. The number of halogens is 3. The van der Waals surface area contributed by atoms with E-state index in [0.29, 0.717) is 35.0 Å². The van der Waals surface area contributed by atoms with Crippen molar-refractivity contribution in [1.29, 1.82) is 0 Å². The minimum atomic E-state index is -4.54. The number of fused-ring (bicyclic) bond motifs is 5. The molecule has 0 saturated heterocycles. The average Bonchev–Trinajstić information content (AvgIpc) is 3.04. The van der Waals surface area contributed by atoms with Gasteiger partial charge in [0.2, 0.25) is 0 Å². The highest BCUT2D eigenvalue weighted by molar-refractivity contribution is 5.28. The summed E-state index contributed by atoms with van der Waals surface area (Å²) in [7, 11) is 0. The smallest absolute Gasteiger partial charge is 0.380 e. The predicted octanol–water partition coefficient (Wildman–Crippen LogP) is 8.71. The molecule has 8 atom stereocenters. The first-order valence-electron chi connectivity index (χ1n) is 13.6. The Bertz CT molecular complexity index is 764. The standard InChI is InChI=1S/C29H47F3O/c1-19(8-7-14-25(2,3)4)22-11-12-23-21-10-9-20-18-28(33,29(30,31)32)17-16-26(20,5)24(21)13-15-27(22,23)6/h9,19,21-24,33H,7-8,10-18H2,1-6H3. The van der Waals surface area contributed by atoms with Crippen molar-refractivity contribution in [1.82, 2.24) is 0 Å². The van der Waals surface area contributed by atoms with E-state index in [1.807, 2.05) is 0 Å². The molecule has 0 aliphatic heterocycles. The van der Waals surface area contributed by atoms with Crippen molar-refractivity contribution in [2.45, 2.75) is 124 Å². The summed E-state index contributed by atoms with van der Waals surface area (Å²) >= 11 is 0. The van der Waals surface area contributed by atoms with Gasteiger partial charge in [-0.2, -0.15) is 13.2 Å². The molecule has 4 heteroatoms. The zero-order chi connectivity index (χ0) is 24.4. The normalized spacial score (nSPS) is 44.5. The summed E-state index contributed by atoms with van der Waals surface area (Å²) < 4.78 is 40.7. The molecule has 0 aromatic rings. The fraction of sp³-hybridized carbons (Fsp3) is 0.931. The maximum atomic E-state index is 13.6. The van der Waals surface area contributed by atoms with E-state index in [1.54, 1.807) is 0 Å². The van der Waals surface area contributed by atoms with Crippen LogP contribution in [0.2, 0.25) is 0 Å². The first kappa shape index (κ1) is 25.6. The Hall–Kier alpha value is -0.510. The quantitative estimate of drug-likeness (QED) is 0.409. The van der Waals surface area contributed by atoms with E-state index in [-0.39, 0.29) is 18.3 Å². The molecule has 33 heavy (non-hydrogen) atoms. The summed E-state index contributed by atoms with van der Waals surface area (Å²) in [5.41, 5.74) is -1.03. The third-order valence-electron chi connectivity index (χ3n) is 11.0. The van der Waals surface area contributed by atoms with E-state index in [1.165, 1.54) is 38.5 Å². The molecule has 4 aliphatic carbocycles. The molecule has 0 bridgehead atoms. The van der Waals surface area contributed by atoms with Gasteiger partial charge in [-0.15, -0.1) is 0 Å². The van der Waals surface area contributed by atoms with E-state index in [9.17, 15) is 18.3 Å². The van der Waals surface area contributed by atoms with Crippen molar-refractivity contribution in [3.63, 3.8) is 0 Å². The second kappa shape index (κ2) is 8.27. The van der Waals surface area contributed by atoms with E-state index in [2.05, 4.69) is 47.6 Å². The number of hydrogen-bond donors (Lipinski definition) is 1. The Labute approximate surface area is 200 Å². The first-order valence-corrected chi connectivity index (χ1v) is 13.6. The molecule has 8 unspecified atom stereocenters. The number of alkyl halides is 3. The molecule has 3 fully saturated rings. The van der Waals surface area contributed by atoms with Crippen LogP contribution in [0, 0.1) is 45.8 Å². The Morgan fingerprint density at radius 3 is 2.36 bits per heavy atom. The molecular formula is C29H47F3O. The molecule has 4 aliphatic rings. The van der Waals surface area contributed by atoms with Gasteiger partial charge in [0.05, 0.1) is 0 Å².